The van der Waals surface area contributed by atoms with Gasteiger partial charge >= 0.3 is 12.1 Å². The van der Waals surface area contributed by atoms with Gasteiger partial charge in [0.1, 0.15) is 0 Å². The summed E-state index contributed by atoms with van der Waals surface area (Å²) in [6.07, 6.45) is -4.53. The third-order valence-electron chi connectivity index (χ3n) is 1.81. The predicted molar refractivity (Wildman–Crippen MR) is 59.2 cm³/mol. The first-order valence-corrected chi connectivity index (χ1v) is 5.15. The van der Waals surface area contributed by atoms with Gasteiger partial charge in [0.25, 0.3) is 0 Å². The van der Waals surface area contributed by atoms with Gasteiger partial charge in [0.15, 0.2) is 5.84 Å². The molecule has 1 aromatic carbocycles. The van der Waals surface area contributed by atoms with Crippen molar-refractivity contribution in [3.05, 3.63) is 35.4 Å². The van der Waals surface area contributed by atoms with E-state index in [9.17, 15) is 18.0 Å². The maximum Gasteiger partial charge on any atom is 0.416 e. The van der Waals surface area contributed by atoms with Crippen LogP contribution in [-0.4, -0.2) is 17.7 Å². The first-order valence-electron chi connectivity index (χ1n) is 4.61. The molecule has 0 amide bonds. The fraction of sp³-hybridized carbons (Fsp3) is 0.200. The number of carbonyl (C=O) groups is 1. The number of hydrogen-bond acceptors (Lipinski definition) is 3. The average Bonchev–Trinajstić information content (AvgIpc) is 2.34. The van der Waals surface area contributed by atoms with Gasteiger partial charge in [-0.2, -0.15) is 13.2 Å². The topological polar surface area (TPSA) is 64.7 Å². The summed E-state index contributed by atoms with van der Waals surface area (Å²) in [5, 5.41) is 3.14. The Balaban J connectivity index is 2.88. The summed E-state index contributed by atoms with van der Waals surface area (Å²) in [6, 6.07) is 3.76. The predicted octanol–water partition coefficient (Wildman–Crippen LogP) is 2.37. The van der Waals surface area contributed by atoms with Gasteiger partial charge in [-0.1, -0.05) is 11.2 Å². The van der Waals surface area contributed by atoms with E-state index in [1.165, 1.54) is 6.07 Å². The van der Waals surface area contributed by atoms with Gasteiger partial charge < -0.3 is 10.6 Å². The van der Waals surface area contributed by atoms with Crippen LogP contribution in [0.4, 0.5) is 13.2 Å². The van der Waals surface area contributed by atoms with Crippen molar-refractivity contribution in [3.8, 4) is 0 Å². The molecule has 0 heterocycles. The normalized spacial score (nSPS) is 12.3. The van der Waals surface area contributed by atoms with Gasteiger partial charge in [-0.05, 0) is 18.2 Å². The van der Waals surface area contributed by atoms with Crippen LogP contribution in [-0.2, 0) is 11.0 Å². The second kappa shape index (κ2) is 5.72. The summed E-state index contributed by atoms with van der Waals surface area (Å²) in [4.78, 5) is 15.7. The highest BCUT2D eigenvalue weighted by atomic mass is 35.5. The molecule has 0 unspecified atom stereocenters. The van der Waals surface area contributed by atoms with Gasteiger partial charge in [-0.3, -0.25) is 0 Å². The van der Waals surface area contributed by atoms with Gasteiger partial charge in [0.2, 0.25) is 0 Å². The van der Waals surface area contributed by atoms with E-state index < -0.39 is 17.7 Å². The zero-order valence-electron chi connectivity index (χ0n) is 8.87. The number of carbonyl (C=O) groups excluding carboxylic acids is 1. The van der Waals surface area contributed by atoms with E-state index in [2.05, 4.69) is 9.99 Å². The molecule has 18 heavy (non-hydrogen) atoms. The molecule has 0 radical (unpaired) electrons. The van der Waals surface area contributed by atoms with Crippen LogP contribution in [0.2, 0.25) is 0 Å². The number of alkyl halides is 4. The summed E-state index contributed by atoms with van der Waals surface area (Å²) in [6.45, 7) is 0. The van der Waals surface area contributed by atoms with Crippen molar-refractivity contribution < 1.29 is 22.8 Å². The lowest BCUT2D eigenvalue weighted by Crippen LogP contribution is -2.15. The molecule has 0 aromatic heterocycles. The van der Waals surface area contributed by atoms with E-state index in [0.29, 0.717) is 6.07 Å². The van der Waals surface area contributed by atoms with Crippen LogP contribution in [0.3, 0.4) is 0 Å². The van der Waals surface area contributed by atoms with E-state index in [1.54, 1.807) is 0 Å². The molecule has 0 aliphatic heterocycles. The van der Waals surface area contributed by atoms with Crippen molar-refractivity contribution >= 4 is 23.4 Å². The summed E-state index contributed by atoms with van der Waals surface area (Å²) in [5.74, 6) is -1.36. The standard InChI is InChI=1S/C10H8ClF3N2O2/c11-5-8(15)16-18-9(17)6-2-1-3-7(4-6)10(12,13)14/h1-4H,5H2,(H2,15,16). The Labute approximate surface area is 105 Å². The second-order valence-corrected chi connectivity index (χ2v) is 3.44. The number of halogens is 4. The number of amidine groups is 1. The van der Waals surface area contributed by atoms with E-state index in [4.69, 9.17) is 17.3 Å². The monoisotopic (exact) mass is 280 g/mol. The Morgan fingerprint density at radius 3 is 2.67 bits per heavy atom. The van der Waals surface area contributed by atoms with Crippen molar-refractivity contribution in [2.75, 3.05) is 5.88 Å². The minimum Gasteiger partial charge on any atom is -0.383 e. The first kappa shape index (κ1) is 14.3. The maximum atomic E-state index is 12.4. The quantitative estimate of drug-likeness (QED) is 0.304. The van der Waals surface area contributed by atoms with Crippen LogP contribution in [0.1, 0.15) is 15.9 Å². The Hall–Kier alpha value is -1.76. The van der Waals surface area contributed by atoms with E-state index in [1.807, 2.05) is 0 Å². The summed E-state index contributed by atoms with van der Waals surface area (Å²) in [5.41, 5.74) is 3.93. The molecule has 98 valence electrons. The van der Waals surface area contributed by atoms with Crippen LogP contribution < -0.4 is 5.73 Å². The molecule has 0 aliphatic rings. The zero-order valence-corrected chi connectivity index (χ0v) is 9.63. The van der Waals surface area contributed by atoms with Gasteiger partial charge in [-0.25, -0.2) is 4.79 Å². The molecule has 0 saturated carbocycles. The van der Waals surface area contributed by atoms with Crippen molar-refractivity contribution in [3.63, 3.8) is 0 Å². The van der Waals surface area contributed by atoms with Crippen molar-refractivity contribution in [2.24, 2.45) is 10.9 Å². The first-order chi connectivity index (χ1) is 8.34. The Morgan fingerprint density at radius 1 is 1.44 bits per heavy atom. The highest BCUT2D eigenvalue weighted by Gasteiger charge is 2.31. The number of hydrogen-bond donors (Lipinski definition) is 1. The van der Waals surface area contributed by atoms with Crippen LogP contribution in [0.5, 0.6) is 0 Å². The van der Waals surface area contributed by atoms with E-state index >= 15 is 0 Å². The summed E-state index contributed by atoms with van der Waals surface area (Å²) in [7, 11) is 0. The number of nitrogens with two attached hydrogens (primary N) is 1. The Morgan fingerprint density at radius 2 is 2.11 bits per heavy atom. The maximum absolute atomic E-state index is 12.4. The van der Waals surface area contributed by atoms with E-state index in [-0.39, 0.29) is 17.3 Å². The van der Waals surface area contributed by atoms with Crippen molar-refractivity contribution in [1.29, 1.82) is 0 Å². The lowest BCUT2D eigenvalue weighted by atomic mass is 10.1. The molecule has 0 saturated heterocycles. The van der Waals surface area contributed by atoms with Crippen molar-refractivity contribution in [1.82, 2.24) is 0 Å². The molecule has 8 heteroatoms. The minimum atomic E-state index is -4.53. The molecular weight excluding hydrogens is 273 g/mol. The summed E-state index contributed by atoms with van der Waals surface area (Å²) < 4.78 is 37.1. The third kappa shape index (κ3) is 3.92. The lowest BCUT2D eigenvalue weighted by Gasteiger charge is -2.07. The Kier molecular flexibility index (Phi) is 4.55. The fourth-order valence-corrected chi connectivity index (χ4v) is 1.05. The van der Waals surface area contributed by atoms with Crippen molar-refractivity contribution in [2.45, 2.75) is 6.18 Å². The Bertz CT molecular complexity index is 474. The molecule has 4 nitrogen and oxygen atoms in total. The molecule has 0 aliphatic carbocycles. The molecule has 0 bridgehead atoms. The van der Waals surface area contributed by atoms with Gasteiger partial charge in [-0.15, -0.1) is 11.6 Å². The molecule has 0 fully saturated rings. The molecule has 2 N–H and O–H groups in total. The molecule has 0 spiro atoms. The highest BCUT2D eigenvalue weighted by molar-refractivity contribution is 6.27. The van der Waals surface area contributed by atoms with Crippen LogP contribution in [0.15, 0.2) is 29.4 Å². The fourth-order valence-electron chi connectivity index (χ4n) is 1.000. The number of benzene rings is 1. The van der Waals surface area contributed by atoms with Crippen LogP contribution >= 0.6 is 11.6 Å². The van der Waals surface area contributed by atoms with E-state index in [0.717, 1.165) is 12.1 Å². The molecule has 0 atom stereocenters. The average molecular weight is 281 g/mol. The molecule has 1 aromatic rings. The number of rotatable bonds is 3. The second-order valence-electron chi connectivity index (χ2n) is 3.17. The number of oxime groups is 1. The largest absolute Gasteiger partial charge is 0.416 e. The smallest absolute Gasteiger partial charge is 0.383 e. The lowest BCUT2D eigenvalue weighted by molar-refractivity contribution is -0.137. The molecular formula is C10H8ClF3N2O2. The van der Waals surface area contributed by atoms with Gasteiger partial charge in [0.05, 0.1) is 17.0 Å². The minimum absolute atomic E-state index is 0.156. The van der Waals surface area contributed by atoms with Gasteiger partial charge in [0, 0.05) is 0 Å². The zero-order chi connectivity index (χ0) is 13.8. The number of nitrogens with zero attached hydrogens (tertiary/aromatic N) is 1. The van der Waals surface area contributed by atoms with Crippen LogP contribution in [0.25, 0.3) is 0 Å². The third-order valence-corrected chi connectivity index (χ3v) is 2.08. The molecule has 1 rings (SSSR count). The van der Waals surface area contributed by atoms with Crippen LogP contribution in [0, 0.1) is 0 Å². The summed E-state index contributed by atoms with van der Waals surface area (Å²) >= 11 is 5.27. The SMILES string of the molecule is N/C(CCl)=N\OC(=O)c1cccc(C(F)(F)F)c1. The highest BCUT2D eigenvalue weighted by Crippen LogP contribution is 2.29.